The van der Waals surface area contributed by atoms with E-state index in [0.717, 1.165) is 0 Å². The lowest BCUT2D eigenvalue weighted by molar-refractivity contribution is -0.150. The van der Waals surface area contributed by atoms with E-state index in [9.17, 15) is 8.96 Å². The zero-order valence-corrected chi connectivity index (χ0v) is 2.49. The van der Waals surface area contributed by atoms with Crippen molar-refractivity contribution in [2.45, 2.75) is 0 Å². The number of hydrogen-bond donors (Lipinski definition) is 1. The molecule has 2 nitrogen and oxygen atoms in total. The Balaban J connectivity index is 2.54. The Kier molecular flexibility index (Phi) is 1.95. The molecule has 0 amide bonds. The van der Waals surface area contributed by atoms with Crippen molar-refractivity contribution >= 4 is 0 Å². The van der Waals surface area contributed by atoms with E-state index in [1.807, 2.05) is 0 Å². The summed E-state index contributed by atoms with van der Waals surface area (Å²) in [6.45, 7) is -0.694. The molecule has 32 valence electrons. The predicted octanol–water partition coefficient (Wildman–Crippen LogP) is -0.0264. The average Bonchev–Trinajstić information content (AvgIpc) is 1.38. The summed E-state index contributed by atoms with van der Waals surface area (Å²) in [5.41, 5.74) is 4.35. The first kappa shape index (κ1) is 4.78. The molecule has 0 atom stereocenters. The minimum atomic E-state index is -1.10. The van der Waals surface area contributed by atoms with E-state index in [0.29, 0.717) is 0 Å². The molecule has 2 N–H and O–H groups in total. The Morgan fingerprint density at radius 1 is 1.60 bits per heavy atom. The summed E-state index contributed by atoms with van der Waals surface area (Å²) in [5.74, 6) is 0. The fourth-order valence-corrected chi connectivity index (χ4v) is 0. The van der Waals surface area contributed by atoms with Crippen LogP contribution in [0.2, 0.25) is 0 Å². The van der Waals surface area contributed by atoms with Crippen molar-refractivity contribution in [1.82, 2.24) is 5.34 Å². The molecule has 0 saturated heterocycles. The normalized spacial score (nSPS) is 9.60. The Labute approximate surface area is 28.0 Å². The van der Waals surface area contributed by atoms with Crippen molar-refractivity contribution in [2.75, 3.05) is 6.67 Å². The number of halogens is 2. The highest BCUT2D eigenvalue weighted by molar-refractivity contribution is 4.01. The van der Waals surface area contributed by atoms with Crippen molar-refractivity contribution in [2.24, 2.45) is 5.73 Å². The van der Waals surface area contributed by atoms with E-state index in [4.69, 9.17) is 0 Å². The Morgan fingerprint density at radius 2 is 1.80 bits per heavy atom. The third kappa shape index (κ3) is 3.78. The zero-order chi connectivity index (χ0) is 4.28. The summed E-state index contributed by atoms with van der Waals surface area (Å²) in [7, 11) is 0. The number of nitrogens with zero attached hydrogens (tertiary/aromatic N) is 1. The lowest BCUT2D eigenvalue weighted by atomic mass is 11.2. The van der Waals surface area contributed by atoms with Crippen LogP contribution in [0, 0.1) is 0 Å². The summed E-state index contributed by atoms with van der Waals surface area (Å²) in [6, 6.07) is 0. The molecular weight excluding hydrogens is 78.0 g/mol. The maximum Gasteiger partial charge on any atom is 0.109 e. The van der Waals surface area contributed by atoms with Gasteiger partial charge in [-0.05, 0) is 0 Å². The van der Waals surface area contributed by atoms with Crippen LogP contribution in [0.25, 0.3) is 0 Å². The van der Waals surface area contributed by atoms with Crippen molar-refractivity contribution in [1.29, 1.82) is 0 Å². The number of nitrogens with two attached hydrogens (primary N) is 1. The quantitative estimate of drug-likeness (QED) is 0.355. The van der Waals surface area contributed by atoms with Gasteiger partial charge in [-0.3, -0.25) is 0 Å². The fourth-order valence-electron chi connectivity index (χ4n) is 0. The SMILES string of the molecule is NCN(F)F. The largest absolute Gasteiger partial charge is 0.314 e. The van der Waals surface area contributed by atoms with E-state index >= 15 is 0 Å². The third-order valence-corrected chi connectivity index (χ3v) is 0.138. The van der Waals surface area contributed by atoms with Gasteiger partial charge in [0, 0.05) is 5.34 Å². The van der Waals surface area contributed by atoms with Gasteiger partial charge in [-0.15, -0.1) is 8.96 Å². The summed E-state index contributed by atoms with van der Waals surface area (Å²) in [6.07, 6.45) is 0. The maximum atomic E-state index is 10.5. The monoisotopic (exact) mass is 82.0 g/mol. The van der Waals surface area contributed by atoms with Crippen molar-refractivity contribution in [3.8, 4) is 0 Å². The summed E-state index contributed by atoms with van der Waals surface area (Å²) in [5, 5.41) is -1.10. The van der Waals surface area contributed by atoms with E-state index in [2.05, 4.69) is 5.73 Å². The molecule has 0 radical (unpaired) electrons. The van der Waals surface area contributed by atoms with Gasteiger partial charge in [0.1, 0.15) is 6.67 Å². The molecule has 0 aliphatic rings. The Hall–Kier alpha value is -0.220. The van der Waals surface area contributed by atoms with E-state index in [1.54, 1.807) is 0 Å². The highest BCUT2D eigenvalue weighted by atomic mass is 19.4. The first-order chi connectivity index (χ1) is 2.27. The number of rotatable bonds is 1. The molecule has 0 unspecified atom stereocenters. The molecule has 4 heteroatoms. The molecule has 0 aliphatic carbocycles. The molecule has 0 rings (SSSR count). The van der Waals surface area contributed by atoms with Gasteiger partial charge in [-0.1, -0.05) is 0 Å². The molecule has 5 heavy (non-hydrogen) atoms. The predicted molar refractivity (Wildman–Crippen MR) is 13.1 cm³/mol. The lowest BCUT2D eigenvalue weighted by Gasteiger charge is -1.86. The van der Waals surface area contributed by atoms with Gasteiger partial charge in [0.05, 0.1) is 0 Å². The van der Waals surface area contributed by atoms with Crippen LogP contribution in [0.1, 0.15) is 0 Å². The molecule has 0 spiro atoms. The summed E-state index contributed by atoms with van der Waals surface area (Å²) < 4.78 is 20.9. The van der Waals surface area contributed by atoms with Gasteiger partial charge in [0.25, 0.3) is 0 Å². The topological polar surface area (TPSA) is 29.3 Å². The van der Waals surface area contributed by atoms with Crippen molar-refractivity contribution in [3.63, 3.8) is 0 Å². The Bertz CT molecular complexity index is 21.6. The second-order valence-corrected chi connectivity index (χ2v) is 0.486. The second kappa shape index (κ2) is 2.04. The van der Waals surface area contributed by atoms with Crippen LogP contribution < -0.4 is 5.73 Å². The summed E-state index contributed by atoms with van der Waals surface area (Å²) in [4.78, 5) is 0. The third-order valence-electron chi connectivity index (χ3n) is 0.138. The van der Waals surface area contributed by atoms with Crippen LogP contribution in [0.3, 0.4) is 0 Å². The van der Waals surface area contributed by atoms with Gasteiger partial charge in [0.15, 0.2) is 0 Å². The van der Waals surface area contributed by atoms with Crippen LogP contribution in [0.15, 0.2) is 0 Å². The van der Waals surface area contributed by atoms with Crippen molar-refractivity contribution in [3.05, 3.63) is 0 Å². The molecule has 0 fully saturated rings. The highest BCUT2D eigenvalue weighted by Gasteiger charge is 1.85. The van der Waals surface area contributed by atoms with E-state index in [-0.39, 0.29) is 0 Å². The van der Waals surface area contributed by atoms with Crippen molar-refractivity contribution < 1.29 is 8.96 Å². The maximum absolute atomic E-state index is 10.5. The highest BCUT2D eigenvalue weighted by Crippen LogP contribution is 1.78. The molecule has 0 aromatic carbocycles. The molecular formula is CH4F2N2. The molecule has 0 aromatic rings. The molecule has 0 bridgehead atoms. The molecule has 0 aromatic heterocycles. The number of hydrogen-bond acceptors (Lipinski definition) is 2. The Morgan fingerprint density at radius 3 is 1.80 bits per heavy atom. The lowest BCUT2D eigenvalue weighted by Crippen LogP contribution is -2.11. The second-order valence-electron chi connectivity index (χ2n) is 0.486. The van der Waals surface area contributed by atoms with Gasteiger partial charge >= 0.3 is 0 Å². The zero-order valence-electron chi connectivity index (χ0n) is 2.49. The van der Waals surface area contributed by atoms with Crippen LogP contribution >= 0.6 is 0 Å². The molecule has 0 saturated carbocycles. The van der Waals surface area contributed by atoms with Gasteiger partial charge < -0.3 is 5.73 Å². The van der Waals surface area contributed by atoms with Gasteiger partial charge in [-0.25, -0.2) is 0 Å². The summed E-state index contributed by atoms with van der Waals surface area (Å²) >= 11 is 0. The van der Waals surface area contributed by atoms with Crippen LogP contribution in [-0.4, -0.2) is 12.0 Å². The van der Waals surface area contributed by atoms with Gasteiger partial charge in [0.2, 0.25) is 0 Å². The van der Waals surface area contributed by atoms with E-state index in [1.165, 1.54) is 0 Å². The smallest absolute Gasteiger partial charge is 0.109 e. The minimum Gasteiger partial charge on any atom is -0.314 e. The fraction of sp³-hybridized carbons (Fsp3) is 1.00. The molecule has 0 heterocycles. The van der Waals surface area contributed by atoms with Crippen LogP contribution in [0.4, 0.5) is 8.96 Å². The van der Waals surface area contributed by atoms with Crippen LogP contribution in [0.5, 0.6) is 0 Å². The first-order valence-electron chi connectivity index (χ1n) is 1.06. The molecule has 0 aliphatic heterocycles. The minimum absolute atomic E-state index is 0.694. The van der Waals surface area contributed by atoms with E-state index < -0.39 is 12.0 Å². The van der Waals surface area contributed by atoms with Crippen LogP contribution in [-0.2, 0) is 0 Å². The average molecular weight is 82.1 g/mol. The standard InChI is InChI=1S/CH4F2N2/c2-5(3)1-4/h1,4H2. The first-order valence-corrected chi connectivity index (χ1v) is 1.06. The van der Waals surface area contributed by atoms with Gasteiger partial charge in [-0.2, -0.15) is 0 Å².